The summed E-state index contributed by atoms with van der Waals surface area (Å²) in [7, 11) is -3.94. The molecule has 1 aliphatic rings. The lowest BCUT2D eigenvalue weighted by atomic mass is 9.97. The molecule has 2 N–H and O–H groups in total. The maximum absolute atomic E-state index is 14.0. The summed E-state index contributed by atoms with van der Waals surface area (Å²) in [6.07, 6.45) is 2.53. The van der Waals surface area contributed by atoms with Gasteiger partial charge in [0, 0.05) is 34.0 Å². The van der Waals surface area contributed by atoms with Gasteiger partial charge in [-0.1, -0.05) is 54.6 Å². The molecule has 0 aliphatic carbocycles. The fourth-order valence-corrected chi connectivity index (χ4v) is 9.08. The Morgan fingerprint density at radius 3 is 2.48 bits per heavy atom. The first-order valence-electron chi connectivity index (χ1n) is 13.3. The molecule has 11 heteroatoms. The van der Waals surface area contributed by atoms with Crippen LogP contribution in [0, 0.1) is 0 Å². The Labute approximate surface area is 246 Å². The van der Waals surface area contributed by atoms with Crippen molar-refractivity contribution in [2.75, 3.05) is 18.8 Å². The van der Waals surface area contributed by atoms with Gasteiger partial charge < -0.3 is 9.32 Å². The Morgan fingerprint density at radius 2 is 1.74 bits per heavy atom. The number of sulfone groups is 1. The SMILES string of the molecule is O=C(CC1(c2ccc(-c3ccc(-c4cnco4)cc3)s2)CCN(C(=O)c2ccc3ccccc3c2)CCS1(=O)=O)NO. The first-order valence-corrected chi connectivity index (χ1v) is 15.8. The van der Waals surface area contributed by atoms with E-state index in [2.05, 4.69) is 4.98 Å². The maximum Gasteiger partial charge on any atom is 0.253 e. The Morgan fingerprint density at radius 1 is 0.976 bits per heavy atom. The van der Waals surface area contributed by atoms with Crippen molar-refractivity contribution in [1.29, 1.82) is 0 Å². The van der Waals surface area contributed by atoms with Gasteiger partial charge in [-0.25, -0.2) is 18.9 Å². The number of thiophene rings is 1. The van der Waals surface area contributed by atoms with E-state index < -0.39 is 26.9 Å². The van der Waals surface area contributed by atoms with E-state index in [1.165, 1.54) is 22.6 Å². The van der Waals surface area contributed by atoms with Crippen LogP contribution in [-0.4, -0.2) is 54.2 Å². The zero-order valence-corrected chi connectivity index (χ0v) is 24.0. The zero-order chi connectivity index (χ0) is 29.3. The Hall–Kier alpha value is -4.32. The largest absolute Gasteiger partial charge is 0.444 e. The monoisotopic (exact) mass is 601 g/mol. The quantitative estimate of drug-likeness (QED) is 0.200. The normalized spacial score (nSPS) is 18.5. The summed E-state index contributed by atoms with van der Waals surface area (Å²) in [6.45, 7) is 0.126. The number of rotatable bonds is 6. The summed E-state index contributed by atoms with van der Waals surface area (Å²) < 4.78 is 31.7. The molecule has 214 valence electrons. The van der Waals surface area contributed by atoms with Gasteiger partial charge in [0.2, 0.25) is 5.91 Å². The second-order valence-electron chi connectivity index (χ2n) is 10.2. The summed E-state index contributed by atoms with van der Waals surface area (Å²) in [5, 5.41) is 11.3. The fourth-order valence-electron chi connectivity index (χ4n) is 5.47. The Balaban J connectivity index is 1.32. The van der Waals surface area contributed by atoms with Crippen LogP contribution in [0.4, 0.5) is 0 Å². The number of hydroxylamine groups is 1. The lowest BCUT2D eigenvalue weighted by Gasteiger charge is -2.30. The van der Waals surface area contributed by atoms with Gasteiger partial charge in [-0.05, 0) is 47.0 Å². The molecular weight excluding hydrogens is 574 g/mol. The van der Waals surface area contributed by atoms with E-state index >= 15 is 0 Å². The van der Waals surface area contributed by atoms with E-state index in [9.17, 15) is 23.2 Å². The van der Waals surface area contributed by atoms with Gasteiger partial charge in [-0.2, -0.15) is 0 Å². The number of amides is 2. The number of hydrogen-bond acceptors (Lipinski definition) is 8. The van der Waals surface area contributed by atoms with E-state index in [0.717, 1.165) is 26.8 Å². The minimum Gasteiger partial charge on any atom is -0.444 e. The molecule has 42 heavy (non-hydrogen) atoms. The molecule has 0 bridgehead atoms. The van der Waals surface area contributed by atoms with Gasteiger partial charge in [0.15, 0.2) is 22.0 Å². The second-order valence-corrected chi connectivity index (χ2v) is 13.7. The van der Waals surface area contributed by atoms with Crippen LogP contribution in [0.25, 0.3) is 32.5 Å². The molecule has 1 aliphatic heterocycles. The molecule has 5 aromatic rings. The number of benzene rings is 3. The third-order valence-electron chi connectivity index (χ3n) is 7.81. The highest BCUT2D eigenvalue weighted by Crippen LogP contribution is 2.45. The topological polar surface area (TPSA) is 130 Å². The molecule has 1 atom stereocenters. The number of carbonyl (C=O) groups is 2. The van der Waals surface area contributed by atoms with Gasteiger partial charge in [-0.3, -0.25) is 14.8 Å². The zero-order valence-electron chi connectivity index (χ0n) is 22.4. The maximum atomic E-state index is 14.0. The highest BCUT2D eigenvalue weighted by molar-refractivity contribution is 7.92. The van der Waals surface area contributed by atoms with Crippen molar-refractivity contribution in [3.63, 3.8) is 0 Å². The minimum absolute atomic E-state index is 0.00216. The van der Waals surface area contributed by atoms with Gasteiger partial charge >= 0.3 is 0 Å². The van der Waals surface area contributed by atoms with Crippen molar-refractivity contribution in [2.24, 2.45) is 0 Å². The van der Waals surface area contributed by atoms with Gasteiger partial charge in [0.05, 0.1) is 18.4 Å². The molecule has 0 radical (unpaired) electrons. The van der Waals surface area contributed by atoms with Crippen LogP contribution < -0.4 is 5.48 Å². The summed E-state index contributed by atoms with van der Waals surface area (Å²) in [5.74, 6) is -0.754. The van der Waals surface area contributed by atoms with Crippen LogP contribution in [-0.2, 0) is 19.4 Å². The van der Waals surface area contributed by atoms with Crippen molar-refractivity contribution in [3.8, 4) is 21.8 Å². The van der Waals surface area contributed by atoms with Crippen LogP contribution in [0.2, 0.25) is 0 Å². The molecule has 9 nitrogen and oxygen atoms in total. The molecule has 2 amide bonds. The van der Waals surface area contributed by atoms with Crippen molar-refractivity contribution in [1.82, 2.24) is 15.4 Å². The number of hydrogen-bond donors (Lipinski definition) is 2. The van der Waals surface area contributed by atoms with E-state index in [4.69, 9.17) is 4.42 Å². The summed E-state index contributed by atoms with van der Waals surface area (Å²) in [5.41, 5.74) is 3.80. The molecule has 0 spiro atoms. The smallest absolute Gasteiger partial charge is 0.253 e. The molecule has 2 aromatic heterocycles. The molecule has 6 rings (SSSR count). The molecule has 0 saturated carbocycles. The average Bonchev–Trinajstić information content (AvgIpc) is 3.71. The van der Waals surface area contributed by atoms with Crippen molar-refractivity contribution in [2.45, 2.75) is 17.6 Å². The summed E-state index contributed by atoms with van der Waals surface area (Å²) in [6, 6.07) is 24.3. The van der Waals surface area contributed by atoms with Gasteiger partial charge in [0.1, 0.15) is 4.75 Å². The fraction of sp³-hybridized carbons (Fsp3) is 0.194. The molecule has 3 aromatic carbocycles. The molecule has 1 unspecified atom stereocenters. The van der Waals surface area contributed by atoms with E-state index in [1.54, 1.807) is 23.8 Å². The predicted octanol–water partition coefficient (Wildman–Crippen LogP) is 5.28. The number of nitrogens with zero attached hydrogens (tertiary/aromatic N) is 2. The predicted molar refractivity (Wildman–Crippen MR) is 160 cm³/mol. The van der Waals surface area contributed by atoms with Crippen LogP contribution in [0.1, 0.15) is 28.1 Å². The first kappa shape index (κ1) is 27.8. The molecule has 1 saturated heterocycles. The third kappa shape index (κ3) is 5.11. The number of aromatic nitrogens is 1. The highest BCUT2D eigenvalue weighted by Gasteiger charge is 2.50. The van der Waals surface area contributed by atoms with Crippen LogP contribution in [0.5, 0.6) is 0 Å². The van der Waals surface area contributed by atoms with Crippen molar-refractivity contribution >= 4 is 43.8 Å². The van der Waals surface area contributed by atoms with Gasteiger partial charge in [-0.15, -0.1) is 11.3 Å². The van der Waals surface area contributed by atoms with Crippen LogP contribution in [0.15, 0.2) is 95.9 Å². The highest BCUT2D eigenvalue weighted by atomic mass is 32.2. The lowest BCUT2D eigenvalue weighted by molar-refractivity contribution is -0.129. The summed E-state index contributed by atoms with van der Waals surface area (Å²) in [4.78, 5) is 32.9. The van der Waals surface area contributed by atoms with Gasteiger partial charge in [0.25, 0.3) is 5.91 Å². The van der Waals surface area contributed by atoms with Crippen molar-refractivity contribution < 1.29 is 27.6 Å². The number of nitrogens with one attached hydrogen (secondary N) is 1. The van der Waals surface area contributed by atoms with Crippen molar-refractivity contribution in [3.05, 3.63) is 102 Å². The Kier molecular flexibility index (Phi) is 7.40. The number of oxazole rings is 1. The molecule has 3 heterocycles. The number of carbonyl (C=O) groups excluding carboxylic acids is 2. The summed E-state index contributed by atoms with van der Waals surface area (Å²) >= 11 is 1.29. The second kappa shape index (κ2) is 11.2. The first-order chi connectivity index (χ1) is 20.3. The van der Waals surface area contributed by atoms with E-state index in [1.807, 2.05) is 66.7 Å². The standard InChI is InChI=1S/C31H27N3O6S2/c35-29(33-37)18-31(28-12-11-27(41-28)23-8-6-22(7-9-23)26-19-32-20-40-26)13-14-34(15-16-42(31,38)39)30(36)25-10-5-21-3-1-2-4-24(21)17-25/h1-12,17,19-20,37H,13-16,18H2,(H,33,35). The van der Waals surface area contributed by atoms with Crippen LogP contribution >= 0.6 is 11.3 Å². The van der Waals surface area contributed by atoms with E-state index in [0.29, 0.717) is 16.2 Å². The average molecular weight is 602 g/mol. The molecule has 1 fully saturated rings. The van der Waals surface area contributed by atoms with E-state index in [-0.39, 0.29) is 31.2 Å². The number of fused-ring (bicyclic) bond motifs is 1. The third-order valence-corrected chi connectivity index (χ3v) is 11.8. The lowest BCUT2D eigenvalue weighted by Crippen LogP contribution is -2.41. The Bertz CT molecular complexity index is 1870. The molecular formula is C31H27N3O6S2. The van der Waals surface area contributed by atoms with Crippen LogP contribution in [0.3, 0.4) is 0 Å². The minimum atomic E-state index is -3.94.